The number of anilines is 2. The molecule has 1 amide bonds. The maximum atomic E-state index is 12.4. The molecule has 1 aromatic carbocycles. The Morgan fingerprint density at radius 2 is 1.65 bits per heavy atom. The van der Waals surface area contributed by atoms with Gasteiger partial charge >= 0.3 is 5.97 Å². The molecule has 0 saturated heterocycles. The molecule has 0 unspecified atom stereocenters. The van der Waals surface area contributed by atoms with Gasteiger partial charge in [-0.25, -0.2) is 4.79 Å². The number of aromatic nitrogens is 1. The van der Waals surface area contributed by atoms with Gasteiger partial charge in [0.1, 0.15) is 6.04 Å². The average molecular weight is 313 g/mol. The zero-order valence-corrected chi connectivity index (χ0v) is 13.3. The summed E-state index contributed by atoms with van der Waals surface area (Å²) in [6.07, 6.45) is 3.40. The number of esters is 1. The fourth-order valence-electron chi connectivity index (χ4n) is 2.01. The molecule has 0 spiro atoms. The van der Waals surface area contributed by atoms with E-state index < -0.39 is 12.0 Å². The second kappa shape index (κ2) is 7.40. The van der Waals surface area contributed by atoms with Crippen LogP contribution in [0.4, 0.5) is 11.4 Å². The number of nitrogens with one attached hydrogen (secondary N) is 1. The molecule has 1 atom stereocenters. The molecule has 2 rings (SSSR count). The van der Waals surface area contributed by atoms with Gasteiger partial charge in [0.25, 0.3) is 5.91 Å². The number of likely N-dealkylation sites (N-methyl/N-ethyl adjacent to an activating group) is 1. The summed E-state index contributed by atoms with van der Waals surface area (Å²) in [4.78, 5) is 29.2. The maximum Gasteiger partial charge on any atom is 0.328 e. The molecular formula is C17H19N3O3. The maximum absolute atomic E-state index is 12.4. The van der Waals surface area contributed by atoms with Crippen LogP contribution in [0, 0.1) is 0 Å². The van der Waals surface area contributed by atoms with Gasteiger partial charge in [0.15, 0.2) is 0 Å². The van der Waals surface area contributed by atoms with Crippen molar-refractivity contribution in [2.24, 2.45) is 0 Å². The molecule has 2 aromatic rings. The van der Waals surface area contributed by atoms with Crippen LogP contribution in [0.1, 0.15) is 17.3 Å². The number of rotatable bonds is 5. The molecule has 0 radical (unpaired) electrons. The van der Waals surface area contributed by atoms with Crippen molar-refractivity contribution in [3.05, 3.63) is 54.4 Å². The Kier molecular flexibility index (Phi) is 5.30. The van der Waals surface area contributed by atoms with Crippen LogP contribution in [0.25, 0.3) is 0 Å². The number of nitrogens with zero attached hydrogens (tertiary/aromatic N) is 2. The van der Waals surface area contributed by atoms with Crippen molar-refractivity contribution in [2.45, 2.75) is 13.0 Å². The Balaban J connectivity index is 2.07. The Morgan fingerprint density at radius 3 is 2.22 bits per heavy atom. The normalized spacial score (nSPS) is 11.4. The molecule has 0 aliphatic carbocycles. The number of amides is 1. The van der Waals surface area contributed by atoms with E-state index in [9.17, 15) is 9.59 Å². The van der Waals surface area contributed by atoms with Gasteiger partial charge in [-0.1, -0.05) is 0 Å². The first-order valence-corrected chi connectivity index (χ1v) is 7.15. The van der Waals surface area contributed by atoms with Crippen molar-refractivity contribution in [2.75, 3.05) is 19.5 Å². The molecule has 1 heterocycles. The molecule has 0 aliphatic heterocycles. The molecule has 23 heavy (non-hydrogen) atoms. The van der Waals surface area contributed by atoms with Gasteiger partial charge in [-0.3, -0.25) is 9.78 Å². The second-order valence-electron chi connectivity index (χ2n) is 5.05. The van der Waals surface area contributed by atoms with E-state index in [1.165, 1.54) is 12.0 Å². The van der Waals surface area contributed by atoms with Crippen LogP contribution >= 0.6 is 0 Å². The Morgan fingerprint density at radius 1 is 1.09 bits per heavy atom. The number of hydrogen-bond acceptors (Lipinski definition) is 5. The third-order valence-corrected chi connectivity index (χ3v) is 3.54. The second-order valence-corrected chi connectivity index (χ2v) is 5.05. The summed E-state index contributed by atoms with van der Waals surface area (Å²) in [5.74, 6) is -0.685. The van der Waals surface area contributed by atoms with E-state index in [0.717, 1.165) is 11.4 Å². The van der Waals surface area contributed by atoms with Crippen LogP contribution in [0.5, 0.6) is 0 Å². The monoisotopic (exact) mass is 313 g/mol. The van der Waals surface area contributed by atoms with Crippen molar-refractivity contribution in [3.8, 4) is 0 Å². The smallest absolute Gasteiger partial charge is 0.328 e. The summed E-state index contributed by atoms with van der Waals surface area (Å²) in [7, 11) is 2.88. The van der Waals surface area contributed by atoms with Gasteiger partial charge in [0, 0.05) is 36.4 Å². The van der Waals surface area contributed by atoms with Crippen LogP contribution in [0.15, 0.2) is 48.8 Å². The number of pyridine rings is 1. The molecule has 120 valence electrons. The largest absolute Gasteiger partial charge is 0.467 e. The summed E-state index contributed by atoms with van der Waals surface area (Å²) in [6, 6.07) is 10.1. The highest BCUT2D eigenvalue weighted by Crippen LogP contribution is 2.17. The molecule has 6 nitrogen and oxygen atoms in total. The summed E-state index contributed by atoms with van der Waals surface area (Å²) >= 11 is 0. The van der Waals surface area contributed by atoms with Crippen molar-refractivity contribution in [1.29, 1.82) is 0 Å². The van der Waals surface area contributed by atoms with E-state index in [1.807, 2.05) is 24.3 Å². The fraction of sp³-hybridized carbons (Fsp3) is 0.235. The van der Waals surface area contributed by atoms with Gasteiger partial charge < -0.3 is 15.0 Å². The van der Waals surface area contributed by atoms with Crippen molar-refractivity contribution in [3.63, 3.8) is 0 Å². The Bertz CT molecular complexity index is 671. The number of ether oxygens (including phenoxy) is 1. The number of hydrogen-bond donors (Lipinski definition) is 1. The summed E-state index contributed by atoms with van der Waals surface area (Å²) in [6.45, 7) is 1.63. The Labute approximate surface area is 135 Å². The van der Waals surface area contributed by atoms with Crippen LogP contribution < -0.4 is 5.32 Å². The van der Waals surface area contributed by atoms with E-state index in [-0.39, 0.29) is 5.91 Å². The van der Waals surface area contributed by atoms with E-state index in [4.69, 9.17) is 0 Å². The predicted molar refractivity (Wildman–Crippen MR) is 87.5 cm³/mol. The highest BCUT2D eigenvalue weighted by Gasteiger charge is 2.23. The first kappa shape index (κ1) is 16.5. The number of methoxy groups -OCH3 is 1. The minimum Gasteiger partial charge on any atom is -0.467 e. The first-order chi connectivity index (χ1) is 11.0. The highest BCUT2D eigenvalue weighted by molar-refractivity contribution is 5.96. The summed E-state index contributed by atoms with van der Waals surface area (Å²) < 4.78 is 4.66. The topological polar surface area (TPSA) is 71.5 Å². The van der Waals surface area contributed by atoms with E-state index >= 15 is 0 Å². The van der Waals surface area contributed by atoms with Crippen LogP contribution in [0.2, 0.25) is 0 Å². The molecule has 0 saturated carbocycles. The molecular weight excluding hydrogens is 294 g/mol. The summed E-state index contributed by atoms with van der Waals surface area (Å²) in [5.41, 5.74) is 2.27. The predicted octanol–water partition coefficient (Wildman–Crippen LogP) is 2.46. The van der Waals surface area contributed by atoms with E-state index in [2.05, 4.69) is 15.0 Å². The first-order valence-electron chi connectivity index (χ1n) is 7.15. The molecule has 0 aliphatic rings. The third-order valence-electron chi connectivity index (χ3n) is 3.54. The van der Waals surface area contributed by atoms with E-state index in [1.54, 1.807) is 38.5 Å². The van der Waals surface area contributed by atoms with Crippen molar-refractivity contribution >= 4 is 23.3 Å². The SMILES string of the molecule is COC(=O)[C@@H](C)N(C)C(=O)c1ccc(Nc2ccncc2)cc1. The minimum atomic E-state index is -0.637. The van der Waals surface area contributed by atoms with E-state index in [0.29, 0.717) is 5.56 Å². The minimum absolute atomic E-state index is 0.238. The van der Waals surface area contributed by atoms with Crippen LogP contribution in [-0.4, -0.2) is 42.0 Å². The highest BCUT2D eigenvalue weighted by atomic mass is 16.5. The molecule has 6 heteroatoms. The van der Waals surface area contributed by atoms with Gasteiger partial charge in [0.2, 0.25) is 0 Å². The number of benzene rings is 1. The van der Waals surface area contributed by atoms with Gasteiger partial charge in [-0.05, 0) is 43.3 Å². The zero-order chi connectivity index (χ0) is 16.8. The van der Waals surface area contributed by atoms with Crippen molar-refractivity contribution in [1.82, 2.24) is 9.88 Å². The molecule has 1 N–H and O–H groups in total. The third kappa shape index (κ3) is 4.06. The zero-order valence-electron chi connectivity index (χ0n) is 13.3. The van der Waals surface area contributed by atoms with Gasteiger partial charge in [0.05, 0.1) is 7.11 Å². The fourth-order valence-corrected chi connectivity index (χ4v) is 2.01. The molecule has 0 fully saturated rings. The van der Waals surface area contributed by atoms with Gasteiger partial charge in [-0.2, -0.15) is 0 Å². The van der Waals surface area contributed by atoms with Crippen LogP contribution in [0.3, 0.4) is 0 Å². The molecule has 1 aromatic heterocycles. The Hall–Kier alpha value is -2.89. The van der Waals surface area contributed by atoms with Crippen molar-refractivity contribution < 1.29 is 14.3 Å². The lowest BCUT2D eigenvalue weighted by Gasteiger charge is -2.22. The quantitative estimate of drug-likeness (QED) is 0.859. The van der Waals surface area contributed by atoms with Crippen LogP contribution in [-0.2, 0) is 9.53 Å². The lowest BCUT2D eigenvalue weighted by Crippen LogP contribution is -2.40. The lowest BCUT2D eigenvalue weighted by molar-refractivity contribution is -0.144. The summed E-state index contributed by atoms with van der Waals surface area (Å²) in [5, 5.41) is 3.21. The molecule has 0 bridgehead atoms. The number of carbonyl (C=O) groups excluding carboxylic acids is 2. The standard InChI is InChI=1S/C17H19N3O3/c1-12(17(22)23-3)20(2)16(21)13-4-6-14(7-5-13)19-15-8-10-18-11-9-15/h4-12H,1-3H3,(H,18,19)/t12-/m1/s1. The number of carbonyl (C=O) groups is 2. The average Bonchev–Trinajstić information content (AvgIpc) is 2.60. The lowest BCUT2D eigenvalue weighted by atomic mass is 10.1. The van der Waals surface area contributed by atoms with Gasteiger partial charge in [-0.15, -0.1) is 0 Å².